The van der Waals surface area contributed by atoms with Crippen molar-refractivity contribution in [2.75, 3.05) is 6.61 Å². The van der Waals surface area contributed by atoms with Gasteiger partial charge in [-0.05, 0) is 55.7 Å². The van der Waals surface area contributed by atoms with Gasteiger partial charge in [-0.25, -0.2) is 0 Å². The maximum absolute atomic E-state index is 10.5. The molecule has 0 aliphatic heterocycles. The minimum atomic E-state index is -0.696. The molecule has 0 atom stereocenters. The lowest BCUT2D eigenvalue weighted by Crippen LogP contribution is -2.08. The van der Waals surface area contributed by atoms with Gasteiger partial charge in [-0.3, -0.25) is 4.79 Å². The van der Waals surface area contributed by atoms with Crippen LogP contribution in [0.25, 0.3) is 0 Å². The Morgan fingerprint density at radius 3 is 2.61 bits per heavy atom. The molecule has 1 fully saturated rings. The van der Waals surface area contributed by atoms with Crippen LogP contribution in [-0.4, -0.2) is 17.7 Å². The molecule has 0 amide bonds. The van der Waals surface area contributed by atoms with Crippen LogP contribution >= 0.6 is 0 Å². The Balaban J connectivity index is 1.79. The number of aliphatic carboxylic acids is 1. The Kier molecular flexibility index (Phi) is 7.44. The Morgan fingerprint density at radius 1 is 1.13 bits per heavy atom. The maximum atomic E-state index is 10.5. The Hall–Kier alpha value is -1.51. The molecule has 0 saturated heterocycles. The third-order valence-corrected chi connectivity index (χ3v) is 4.76. The second kappa shape index (κ2) is 9.59. The van der Waals surface area contributed by atoms with E-state index in [-0.39, 0.29) is 6.42 Å². The summed E-state index contributed by atoms with van der Waals surface area (Å²) in [5.74, 6) is 1.04. The van der Waals surface area contributed by atoms with E-state index in [1.807, 2.05) is 0 Å². The van der Waals surface area contributed by atoms with Crippen molar-refractivity contribution in [2.45, 2.75) is 77.0 Å². The van der Waals surface area contributed by atoms with Crippen LogP contribution in [-0.2, 0) is 4.79 Å². The van der Waals surface area contributed by atoms with Gasteiger partial charge in [-0.15, -0.1) is 0 Å². The van der Waals surface area contributed by atoms with Gasteiger partial charge in [0.25, 0.3) is 0 Å². The predicted molar refractivity (Wildman–Crippen MR) is 93.2 cm³/mol. The molecule has 0 spiro atoms. The second-order valence-electron chi connectivity index (χ2n) is 6.78. The quantitative estimate of drug-likeness (QED) is 0.615. The van der Waals surface area contributed by atoms with Crippen LogP contribution < -0.4 is 4.74 Å². The number of carbonyl (C=O) groups is 1. The van der Waals surface area contributed by atoms with Crippen molar-refractivity contribution in [3.63, 3.8) is 0 Å². The average Bonchev–Trinajstić information content (AvgIpc) is 2.54. The molecular formula is C20H30O3. The number of hydrogen-bond donors (Lipinski definition) is 1. The van der Waals surface area contributed by atoms with Gasteiger partial charge in [-0.1, -0.05) is 44.2 Å². The van der Waals surface area contributed by atoms with Crippen LogP contribution in [0.1, 0.15) is 81.3 Å². The number of unbranched alkanes of at least 4 members (excludes halogenated alkanes) is 3. The predicted octanol–water partition coefficient (Wildman–Crippen LogP) is 5.46. The largest absolute Gasteiger partial charge is 0.493 e. The summed E-state index contributed by atoms with van der Waals surface area (Å²) in [6.45, 7) is 2.85. The van der Waals surface area contributed by atoms with Crippen molar-refractivity contribution in [1.82, 2.24) is 0 Å². The average molecular weight is 318 g/mol. The summed E-state index contributed by atoms with van der Waals surface area (Å²) in [6, 6.07) is 6.63. The summed E-state index contributed by atoms with van der Waals surface area (Å²) in [5.41, 5.74) is 2.64. The molecule has 23 heavy (non-hydrogen) atoms. The molecule has 3 nitrogen and oxygen atoms in total. The lowest BCUT2D eigenvalue weighted by molar-refractivity contribution is -0.137. The molecule has 3 heteroatoms. The van der Waals surface area contributed by atoms with Crippen molar-refractivity contribution >= 4 is 5.97 Å². The van der Waals surface area contributed by atoms with Crippen LogP contribution in [0.3, 0.4) is 0 Å². The molecule has 0 radical (unpaired) electrons. The monoisotopic (exact) mass is 318 g/mol. The van der Waals surface area contributed by atoms with Crippen LogP contribution in [0.4, 0.5) is 0 Å². The fraction of sp³-hybridized carbons (Fsp3) is 0.650. The van der Waals surface area contributed by atoms with Gasteiger partial charge >= 0.3 is 5.97 Å². The molecule has 1 aromatic rings. The molecule has 1 aliphatic carbocycles. The number of carboxylic acids is 1. The number of carboxylic acid groups (broad SMARTS) is 1. The van der Waals surface area contributed by atoms with E-state index in [1.165, 1.54) is 43.2 Å². The zero-order chi connectivity index (χ0) is 16.5. The zero-order valence-corrected chi connectivity index (χ0v) is 14.4. The fourth-order valence-corrected chi connectivity index (χ4v) is 3.43. The first-order valence-corrected chi connectivity index (χ1v) is 9.12. The smallest absolute Gasteiger partial charge is 0.303 e. The molecule has 1 saturated carbocycles. The van der Waals surface area contributed by atoms with Gasteiger partial charge in [0.1, 0.15) is 5.75 Å². The van der Waals surface area contributed by atoms with E-state index in [1.54, 1.807) is 0 Å². The first-order valence-electron chi connectivity index (χ1n) is 9.12. The van der Waals surface area contributed by atoms with Crippen molar-refractivity contribution in [3.8, 4) is 5.75 Å². The van der Waals surface area contributed by atoms with Crippen molar-refractivity contribution in [1.29, 1.82) is 0 Å². The van der Waals surface area contributed by atoms with Crippen molar-refractivity contribution < 1.29 is 14.6 Å². The number of aryl methyl sites for hydroxylation is 1. The topological polar surface area (TPSA) is 46.5 Å². The molecule has 2 rings (SSSR count). The molecule has 0 unspecified atom stereocenters. The van der Waals surface area contributed by atoms with E-state index in [2.05, 4.69) is 25.1 Å². The van der Waals surface area contributed by atoms with Crippen LogP contribution in [0.2, 0.25) is 0 Å². The van der Waals surface area contributed by atoms with Crippen LogP contribution in [0.5, 0.6) is 5.75 Å². The molecule has 1 aliphatic rings. The summed E-state index contributed by atoms with van der Waals surface area (Å²) in [5, 5.41) is 8.62. The van der Waals surface area contributed by atoms with E-state index in [4.69, 9.17) is 9.84 Å². The molecule has 1 N–H and O–H groups in total. The third kappa shape index (κ3) is 6.25. The lowest BCUT2D eigenvalue weighted by Gasteiger charge is -2.24. The summed E-state index contributed by atoms with van der Waals surface area (Å²) in [7, 11) is 0. The second-order valence-corrected chi connectivity index (χ2v) is 6.78. The molecule has 0 bridgehead atoms. The molecule has 0 heterocycles. The van der Waals surface area contributed by atoms with E-state index in [0.717, 1.165) is 38.0 Å². The summed E-state index contributed by atoms with van der Waals surface area (Å²) < 4.78 is 6.08. The number of benzene rings is 1. The minimum absolute atomic E-state index is 0.282. The first-order chi connectivity index (χ1) is 11.2. The summed E-state index contributed by atoms with van der Waals surface area (Å²) in [4.78, 5) is 10.5. The SMILES string of the molecule is Cc1ccc(C2CCCCC2)c(OCCCCCCC(=O)O)c1. The van der Waals surface area contributed by atoms with Gasteiger partial charge in [-0.2, -0.15) is 0 Å². The van der Waals surface area contributed by atoms with E-state index < -0.39 is 5.97 Å². The Labute approximate surface area is 140 Å². The molecular weight excluding hydrogens is 288 g/mol. The van der Waals surface area contributed by atoms with Crippen molar-refractivity contribution in [3.05, 3.63) is 29.3 Å². The Morgan fingerprint density at radius 2 is 1.87 bits per heavy atom. The molecule has 128 valence electrons. The lowest BCUT2D eigenvalue weighted by atomic mass is 9.83. The summed E-state index contributed by atoms with van der Waals surface area (Å²) >= 11 is 0. The normalized spacial score (nSPS) is 15.5. The highest BCUT2D eigenvalue weighted by Crippen LogP contribution is 2.37. The number of ether oxygens (including phenoxy) is 1. The first kappa shape index (κ1) is 17.8. The number of rotatable bonds is 9. The highest BCUT2D eigenvalue weighted by atomic mass is 16.5. The van der Waals surface area contributed by atoms with Gasteiger partial charge in [0.15, 0.2) is 0 Å². The van der Waals surface area contributed by atoms with Crippen molar-refractivity contribution in [2.24, 2.45) is 0 Å². The van der Waals surface area contributed by atoms with E-state index in [0.29, 0.717) is 5.92 Å². The van der Waals surface area contributed by atoms with Gasteiger partial charge in [0, 0.05) is 6.42 Å². The van der Waals surface area contributed by atoms with E-state index in [9.17, 15) is 4.79 Å². The Bertz CT molecular complexity index is 490. The standard InChI is InChI=1S/C20H30O3/c1-16-12-13-18(17-9-5-4-6-10-17)19(15-16)23-14-8-3-2-7-11-20(21)22/h12-13,15,17H,2-11,14H2,1H3,(H,21,22). The van der Waals surface area contributed by atoms with Crippen LogP contribution in [0.15, 0.2) is 18.2 Å². The third-order valence-electron chi connectivity index (χ3n) is 4.76. The van der Waals surface area contributed by atoms with Crippen LogP contribution in [0, 0.1) is 6.92 Å². The highest BCUT2D eigenvalue weighted by molar-refractivity contribution is 5.66. The van der Waals surface area contributed by atoms with E-state index >= 15 is 0 Å². The minimum Gasteiger partial charge on any atom is -0.493 e. The summed E-state index contributed by atoms with van der Waals surface area (Å²) in [6.07, 6.45) is 10.7. The number of hydrogen-bond acceptors (Lipinski definition) is 2. The molecule has 1 aromatic carbocycles. The van der Waals surface area contributed by atoms with Gasteiger partial charge in [0.05, 0.1) is 6.61 Å². The zero-order valence-electron chi connectivity index (χ0n) is 14.4. The highest BCUT2D eigenvalue weighted by Gasteiger charge is 2.19. The maximum Gasteiger partial charge on any atom is 0.303 e. The fourth-order valence-electron chi connectivity index (χ4n) is 3.43. The van der Waals surface area contributed by atoms with Gasteiger partial charge in [0.2, 0.25) is 0 Å². The van der Waals surface area contributed by atoms with Gasteiger partial charge < -0.3 is 9.84 Å². The molecule has 0 aromatic heterocycles.